The molecule has 9 nitrogen and oxygen atoms in total. The van der Waals surface area contributed by atoms with Gasteiger partial charge < -0.3 is 14.4 Å². The lowest BCUT2D eigenvalue weighted by molar-refractivity contribution is -0.132. The van der Waals surface area contributed by atoms with E-state index >= 15 is 0 Å². The first-order valence-corrected chi connectivity index (χ1v) is 9.04. The number of morpholine rings is 1. The highest BCUT2D eigenvalue weighted by molar-refractivity contribution is 5.76. The summed E-state index contributed by atoms with van der Waals surface area (Å²) in [6.45, 7) is 5.78. The zero-order valence-corrected chi connectivity index (χ0v) is 16.0. The first kappa shape index (κ1) is 19.2. The van der Waals surface area contributed by atoms with Crippen LogP contribution in [0.3, 0.4) is 0 Å². The Kier molecular flexibility index (Phi) is 6.36. The van der Waals surface area contributed by atoms with Crippen molar-refractivity contribution in [1.29, 1.82) is 0 Å². The molecule has 1 atom stereocenters. The number of ether oxygens (including phenoxy) is 2. The van der Waals surface area contributed by atoms with Crippen LogP contribution in [0.2, 0.25) is 0 Å². The van der Waals surface area contributed by atoms with Gasteiger partial charge in [-0.2, -0.15) is 0 Å². The fourth-order valence-electron chi connectivity index (χ4n) is 3.09. The van der Waals surface area contributed by atoms with E-state index in [2.05, 4.69) is 20.4 Å². The molecule has 2 aromatic rings. The van der Waals surface area contributed by atoms with Crippen LogP contribution in [0.1, 0.15) is 24.4 Å². The standard InChI is InChI=1S/C18H26N6O3/c1-14(15-6-4-5-7-16(15)26-3)22(2)18(25)13-24-17(19-20-21-24)12-23-8-10-27-11-9-23/h4-7,14H,8-13H2,1-3H3. The number of tetrazole rings is 1. The largest absolute Gasteiger partial charge is 0.496 e. The van der Waals surface area contributed by atoms with E-state index in [0.717, 1.165) is 24.4 Å². The molecule has 1 unspecified atom stereocenters. The van der Waals surface area contributed by atoms with Crippen LogP contribution in [-0.4, -0.2) is 76.4 Å². The van der Waals surface area contributed by atoms with Crippen LogP contribution in [0, 0.1) is 0 Å². The Morgan fingerprint density at radius 2 is 2.07 bits per heavy atom. The van der Waals surface area contributed by atoms with Gasteiger partial charge in [-0.3, -0.25) is 9.69 Å². The summed E-state index contributed by atoms with van der Waals surface area (Å²) in [6, 6.07) is 7.58. The zero-order chi connectivity index (χ0) is 19.2. The van der Waals surface area contributed by atoms with E-state index in [1.807, 2.05) is 31.2 Å². The summed E-state index contributed by atoms with van der Waals surface area (Å²) in [5, 5.41) is 11.8. The van der Waals surface area contributed by atoms with Crippen LogP contribution < -0.4 is 4.74 Å². The van der Waals surface area contributed by atoms with Gasteiger partial charge in [-0.05, 0) is 23.4 Å². The van der Waals surface area contributed by atoms with E-state index < -0.39 is 0 Å². The van der Waals surface area contributed by atoms with Crippen molar-refractivity contribution >= 4 is 5.91 Å². The van der Waals surface area contributed by atoms with Gasteiger partial charge in [0.1, 0.15) is 12.3 Å². The maximum atomic E-state index is 12.8. The highest BCUT2D eigenvalue weighted by atomic mass is 16.5. The van der Waals surface area contributed by atoms with Gasteiger partial charge in [0, 0.05) is 25.7 Å². The molecule has 27 heavy (non-hydrogen) atoms. The van der Waals surface area contributed by atoms with E-state index in [1.54, 1.807) is 23.7 Å². The molecule has 0 radical (unpaired) electrons. The number of hydrogen-bond acceptors (Lipinski definition) is 7. The first-order chi connectivity index (χ1) is 13.1. The summed E-state index contributed by atoms with van der Waals surface area (Å²) in [7, 11) is 3.41. The van der Waals surface area contributed by atoms with E-state index in [1.165, 1.54) is 0 Å². The predicted molar refractivity (Wildman–Crippen MR) is 98.1 cm³/mol. The van der Waals surface area contributed by atoms with Crippen LogP contribution in [0.5, 0.6) is 5.75 Å². The van der Waals surface area contributed by atoms with Gasteiger partial charge in [0.25, 0.3) is 0 Å². The molecule has 1 aliphatic heterocycles. The van der Waals surface area contributed by atoms with Gasteiger partial charge >= 0.3 is 0 Å². The Morgan fingerprint density at radius 3 is 2.81 bits per heavy atom. The number of para-hydroxylation sites is 1. The van der Waals surface area contributed by atoms with Gasteiger partial charge in [0.2, 0.25) is 5.91 Å². The molecule has 1 fully saturated rings. The Labute approximate surface area is 158 Å². The normalized spacial score (nSPS) is 16.1. The molecular weight excluding hydrogens is 348 g/mol. The van der Waals surface area contributed by atoms with Crippen LogP contribution in [0.4, 0.5) is 0 Å². The van der Waals surface area contributed by atoms with Gasteiger partial charge in [-0.15, -0.1) is 5.10 Å². The van der Waals surface area contributed by atoms with E-state index in [9.17, 15) is 4.79 Å². The van der Waals surface area contributed by atoms with E-state index in [-0.39, 0.29) is 18.5 Å². The van der Waals surface area contributed by atoms with E-state index in [0.29, 0.717) is 25.6 Å². The average molecular weight is 374 g/mol. The summed E-state index contributed by atoms with van der Waals surface area (Å²) < 4.78 is 12.3. The summed E-state index contributed by atoms with van der Waals surface area (Å²) in [6.07, 6.45) is 0. The fourth-order valence-corrected chi connectivity index (χ4v) is 3.09. The molecule has 1 aliphatic rings. The summed E-state index contributed by atoms with van der Waals surface area (Å²) >= 11 is 0. The monoisotopic (exact) mass is 374 g/mol. The number of carbonyl (C=O) groups is 1. The molecule has 9 heteroatoms. The number of rotatable bonds is 7. The van der Waals surface area contributed by atoms with Crippen molar-refractivity contribution in [2.45, 2.75) is 26.1 Å². The lowest BCUT2D eigenvalue weighted by Crippen LogP contribution is -2.37. The minimum Gasteiger partial charge on any atom is -0.496 e. The second-order valence-corrected chi connectivity index (χ2v) is 6.56. The first-order valence-electron chi connectivity index (χ1n) is 9.04. The number of amides is 1. The Hall–Kier alpha value is -2.52. The van der Waals surface area contributed by atoms with Crippen LogP contribution >= 0.6 is 0 Å². The van der Waals surface area contributed by atoms with Crippen molar-refractivity contribution in [1.82, 2.24) is 30.0 Å². The maximum absolute atomic E-state index is 12.8. The smallest absolute Gasteiger partial charge is 0.244 e. The van der Waals surface area contributed by atoms with E-state index in [4.69, 9.17) is 9.47 Å². The average Bonchev–Trinajstić information content (AvgIpc) is 3.14. The molecule has 1 aromatic heterocycles. The Bertz CT molecular complexity index is 759. The van der Waals surface area contributed by atoms with Crippen molar-refractivity contribution in [3.63, 3.8) is 0 Å². The highest BCUT2D eigenvalue weighted by Gasteiger charge is 2.22. The van der Waals surface area contributed by atoms with Crippen molar-refractivity contribution < 1.29 is 14.3 Å². The molecule has 1 amide bonds. The lowest BCUT2D eigenvalue weighted by atomic mass is 10.1. The minimum atomic E-state index is -0.132. The molecule has 1 aromatic carbocycles. The molecular formula is C18H26N6O3. The second kappa shape index (κ2) is 8.92. The quantitative estimate of drug-likeness (QED) is 0.706. The van der Waals surface area contributed by atoms with Gasteiger partial charge in [-0.1, -0.05) is 18.2 Å². The highest BCUT2D eigenvalue weighted by Crippen LogP contribution is 2.28. The minimum absolute atomic E-state index is 0.0658. The van der Waals surface area contributed by atoms with Crippen molar-refractivity contribution in [2.75, 3.05) is 40.5 Å². The van der Waals surface area contributed by atoms with Crippen molar-refractivity contribution in [2.24, 2.45) is 0 Å². The lowest BCUT2D eigenvalue weighted by Gasteiger charge is -2.27. The number of nitrogens with zero attached hydrogens (tertiary/aromatic N) is 6. The molecule has 1 saturated heterocycles. The Morgan fingerprint density at radius 1 is 1.33 bits per heavy atom. The predicted octanol–water partition coefficient (Wildman–Crippen LogP) is 0.734. The molecule has 0 N–H and O–H groups in total. The molecule has 0 bridgehead atoms. The number of likely N-dealkylation sites (N-methyl/N-ethyl adjacent to an activating group) is 1. The van der Waals surface area contributed by atoms with Crippen LogP contribution in [0.25, 0.3) is 0 Å². The summed E-state index contributed by atoms with van der Waals surface area (Å²) in [4.78, 5) is 16.7. The van der Waals surface area contributed by atoms with Crippen LogP contribution in [0.15, 0.2) is 24.3 Å². The molecule has 2 heterocycles. The maximum Gasteiger partial charge on any atom is 0.244 e. The Balaban J connectivity index is 1.65. The summed E-state index contributed by atoms with van der Waals surface area (Å²) in [5.74, 6) is 1.38. The van der Waals surface area contributed by atoms with Crippen molar-refractivity contribution in [3.05, 3.63) is 35.7 Å². The zero-order valence-electron chi connectivity index (χ0n) is 16.0. The topological polar surface area (TPSA) is 85.6 Å². The van der Waals surface area contributed by atoms with Crippen LogP contribution in [-0.2, 0) is 22.6 Å². The number of methoxy groups -OCH3 is 1. The number of benzene rings is 1. The second-order valence-electron chi connectivity index (χ2n) is 6.56. The third-order valence-corrected chi connectivity index (χ3v) is 4.92. The molecule has 146 valence electrons. The molecule has 3 rings (SSSR count). The third kappa shape index (κ3) is 4.61. The number of aromatic nitrogens is 4. The molecule has 0 spiro atoms. The third-order valence-electron chi connectivity index (χ3n) is 4.92. The molecule has 0 saturated carbocycles. The number of carbonyl (C=O) groups excluding carboxylic acids is 1. The van der Waals surface area contributed by atoms with Gasteiger partial charge in [0.05, 0.1) is 32.9 Å². The van der Waals surface area contributed by atoms with Crippen molar-refractivity contribution in [3.8, 4) is 5.75 Å². The van der Waals surface area contributed by atoms with Gasteiger partial charge in [0.15, 0.2) is 5.82 Å². The summed E-state index contributed by atoms with van der Waals surface area (Å²) in [5.41, 5.74) is 0.959. The molecule has 0 aliphatic carbocycles. The fraction of sp³-hybridized carbons (Fsp3) is 0.556. The number of hydrogen-bond donors (Lipinski definition) is 0. The SMILES string of the molecule is COc1ccccc1C(C)N(C)C(=O)Cn1nnnc1CN1CCOCC1. The van der Waals surface area contributed by atoms with Gasteiger partial charge in [-0.25, -0.2) is 4.68 Å².